The van der Waals surface area contributed by atoms with Crippen LogP contribution in [0.25, 0.3) is 22.2 Å². The van der Waals surface area contributed by atoms with Crippen LogP contribution in [0.4, 0.5) is 5.82 Å². The lowest BCUT2D eigenvalue weighted by Crippen LogP contribution is -2.47. The zero-order chi connectivity index (χ0) is 26.8. The zero-order valence-corrected chi connectivity index (χ0v) is 23.8. The molecule has 0 atom stereocenters. The maximum absolute atomic E-state index is 12.5. The number of rotatable bonds is 10. The molecule has 0 saturated carbocycles. The molecule has 0 unspecified atom stereocenters. The Morgan fingerprint density at radius 1 is 1.10 bits per heavy atom. The first-order valence-corrected chi connectivity index (χ1v) is 15.1. The van der Waals surface area contributed by atoms with Crippen molar-refractivity contribution in [3.8, 4) is 0 Å². The number of hydrogen-bond donors (Lipinski definition) is 1. The number of piperidine rings is 1. The number of nitrogens with zero attached hydrogens (tertiary/aromatic N) is 7. The number of H-pyrrole nitrogens is 1. The first kappa shape index (κ1) is 26.4. The second-order valence-corrected chi connectivity index (χ2v) is 11.9. The van der Waals surface area contributed by atoms with E-state index < -0.39 is 0 Å². The van der Waals surface area contributed by atoms with Gasteiger partial charge in [-0.15, -0.1) is 0 Å². The molecule has 11 heteroatoms. The summed E-state index contributed by atoms with van der Waals surface area (Å²) in [5, 5.41) is 2.19. The van der Waals surface area contributed by atoms with E-state index in [0.29, 0.717) is 40.4 Å². The molecule has 2 fully saturated rings. The summed E-state index contributed by atoms with van der Waals surface area (Å²) in [4.78, 5) is 44.3. The molecule has 4 aromatic rings. The molecule has 0 spiro atoms. The Balaban J connectivity index is 1.13. The number of carbonyl (C=O) groups excluding carboxylic acids is 1. The number of nitrogens with one attached hydrogen (secondary N) is 1. The van der Waals surface area contributed by atoms with Crippen LogP contribution in [0.1, 0.15) is 51.1 Å². The molecular weight excluding hydrogens is 532 g/mol. The van der Waals surface area contributed by atoms with Crippen LogP contribution in [0, 0.1) is 5.92 Å². The van der Waals surface area contributed by atoms with Crippen LogP contribution in [0.3, 0.4) is 0 Å². The number of aromatic nitrogens is 6. The van der Waals surface area contributed by atoms with Crippen LogP contribution in [0.15, 0.2) is 34.7 Å². The Morgan fingerprint density at radius 3 is 2.74 bits per heavy atom. The number of likely N-dealkylation sites (tertiary alicyclic amines) is 1. The monoisotopic (exact) mass is 564 g/mol. The summed E-state index contributed by atoms with van der Waals surface area (Å²) in [7, 11) is 0. The number of carbonyl (C=O) groups is 1. The standard InChI is InChI=1S/C28H33ClN8OS/c1-2-21-24(29)23-26(33-21)34-28(39-20-14-22-25(32-15-20)31-10-9-30-22)35-27(23)37-16-18(17-37)6-7-19(38)8-13-36-11-4-3-5-12-36/h9-10,14-15,18H,2-8,11-13,16-17H2,1H3,(H,33,34,35). The highest BCUT2D eigenvalue weighted by molar-refractivity contribution is 7.99. The van der Waals surface area contributed by atoms with Crippen LogP contribution in [0.5, 0.6) is 0 Å². The van der Waals surface area contributed by atoms with E-state index in [2.05, 4.69) is 36.7 Å². The highest BCUT2D eigenvalue weighted by atomic mass is 35.5. The lowest BCUT2D eigenvalue weighted by atomic mass is 9.93. The van der Waals surface area contributed by atoms with Crippen LogP contribution < -0.4 is 4.90 Å². The van der Waals surface area contributed by atoms with Crippen molar-refractivity contribution in [3.63, 3.8) is 0 Å². The molecular formula is C28H33ClN8OS. The zero-order valence-electron chi connectivity index (χ0n) is 22.2. The van der Waals surface area contributed by atoms with Crippen LogP contribution in [-0.2, 0) is 11.2 Å². The topological polar surface area (TPSA) is 104 Å². The van der Waals surface area contributed by atoms with Crippen molar-refractivity contribution >= 4 is 57.2 Å². The van der Waals surface area contributed by atoms with E-state index in [0.717, 1.165) is 78.5 Å². The Morgan fingerprint density at radius 2 is 1.92 bits per heavy atom. The molecule has 0 amide bonds. The molecule has 1 N–H and O–H groups in total. The Hall–Kier alpha value is -2.82. The van der Waals surface area contributed by atoms with Gasteiger partial charge in [0.05, 0.1) is 10.4 Å². The summed E-state index contributed by atoms with van der Waals surface area (Å²) in [5.74, 6) is 1.72. The molecule has 204 valence electrons. The minimum absolute atomic E-state index is 0.386. The minimum atomic E-state index is 0.386. The quantitative estimate of drug-likeness (QED) is 0.256. The molecule has 6 heterocycles. The van der Waals surface area contributed by atoms with E-state index in [1.807, 2.05) is 6.07 Å². The SMILES string of the molecule is CCc1[nH]c2nc(Sc3cnc4nccnc4c3)nc(N3CC(CCC(=O)CCN4CCCCC4)C3)c2c1Cl. The maximum Gasteiger partial charge on any atom is 0.196 e. The van der Waals surface area contributed by atoms with Crippen molar-refractivity contribution in [1.29, 1.82) is 0 Å². The first-order valence-electron chi connectivity index (χ1n) is 13.9. The van der Waals surface area contributed by atoms with E-state index >= 15 is 0 Å². The number of pyridine rings is 1. The molecule has 0 bridgehead atoms. The largest absolute Gasteiger partial charge is 0.355 e. The summed E-state index contributed by atoms with van der Waals surface area (Å²) < 4.78 is 0. The number of ketones is 1. The second-order valence-electron chi connectivity index (χ2n) is 10.5. The van der Waals surface area contributed by atoms with Gasteiger partial charge in [0.2, 0.25) is 0 Å². The molecule has 2 aliphatic rings. The number of halogens is 1. The fraction of sp³-hybridized carbons (Fsp3) is 0.500. The van der Waals surface area contributed by atoms with E-state index in [1.54, 1.807) is 18.6 Å². The summed E-state index contributed by atoms with van der Waals surface area (Å²) in [6.07, 6.45) is 12.0. The third-order valence-electron chi connectivity index (χ3n) is 7.73. The van der Waals surface area contributed by atoms with Crippen molar-refractivity contribution < 1.29 is 4.79 Å². The number of fused-ring (bicyclic) bond motifs is 2. The van der Waals surface area contributed by atoms with Crippen LogP contribution in [0.2, 0.25) is 5.02 Å². The normalized spacial score (nSPS) is 16.7. The van der Waals surface area contributed by atoms with Gasteiger partial charge >= 0.3 is 0 Å². The van der Waals surface area contributed by atoms with Gasteiger partial charge in [-0.1, -0.05) is 24.9 Å². The van der Waals surface area contributed by atoms with E-state index in [4.69, 9.17) is 21.6 Å². The molecule has 2 saturated heterocycles. The summed E-state index contributed by atoms with van der Waals surface area (Å²) in [6, 6.07) is 1.95. The van der Waals surface area contributed by atoms with Gasteiger partial charge < -0.3 is 14.8 Å². The van der Waals surface area contributed by atoms with E-state index in [1.165, 1.54) is 31.0 Å². The van der Waals surface area contributed by atoms with Gasteiger partial charge in [-0.25, -0.2) is 19.9 Å². The number of aromatic amines is 1. The molecule has 0 aliphatic carbocycles. The third kappa shape index (κ3) is 5.88. The molecule has 2 aliphatic heterocycles. The van der Waals surface area contributed by atoms with Gasteiger partial charge in [-0.3, -0.25) is 9.78 Å². The van der Waals surface area contributed by atoms with Gasteiger partial charge in [0.15, 0.2) is 10.8 Å². The second kappa shape index (κ2) is 11.7. The maximum atomic E-state index is 12.5. The predicted octanol–water partition coefficient (Wildman–Crippen LogP) is 5.32. The van der Waals surface area contributed by atoms with Crippen LogP contribution >= 0.6 is 23.4 Å². The van der Waals surface area contributed by atoms with Crippen molar-refractivity contribution in [2.24, 2.45) is 5.92 Å². The molecule has 39 heavy (non-hydrogen) atoms. The predicted molar refractivity (Wildman–Crippen MR) is 155 cm³/mol. The molecule has 9 nitrogen and oxygen atoms in total. The smallest absolute Gasteiger partial charge is 0.196 e. The number of Topliss-reactive ketones (excluding diaryl/α,β-unsaturated/α-hetero) is 1. The Labute approximate surface area is 237 Å². The molecule has 6 rings (SSSR count). The molecule has 4 aromatic heterocycles. The van der Waals surface area contributed by atoms with Gasteiger partial charge in [0.25, 0.3) is 0 Å². The Kier molecular flexibility index (Phi) is 7.95. The average molecular weight is 565 g/mol. The average Bonchev–Trinajstić information content (AvgIpc) is 3.26. The van der Waals surface area contributed by atoms with Gasteiger partial charge in [-0.2, -0.15) is 0 Å². The third-order valence-corrected chi connectivity index (χ3v) is 8.97. The number of aryl methyl sites for hydroxylation is 1. The molecule has 0 aromatic carbocycles. The number of anilines is 1. The fourth-order valence-electron chi connectivity index (χ4n) is 5.47. The Bertz CT molecular complexity index is 1480. The van der Waals surface area contributed by atoms with Gasteiger partial charge in [0.1, 0.15) is 22.8 Å². The molecule has 0 radical (unpaired) electrons. The van der Waals surface area contributed by atoms with Crippen molar-refractivity contribution in [1.82, 2.24) is 34.8 Å². The van der Waals surface area contributed by atoms with Crippen molar-refractivity contribution in [2.75, 3.05) is 37.6 Å². The highest BCUT2D eigenvalue weighted by Gasteiger charge is 2.31. The van der Waals surface area contributed by atoms with E-state index in [9.17, 15) is 4.79 Å². The summed E-state index contributed by atoms with van der Waals surface area (Å²) in [5.41, 5.74) is 3.05. The minimum Gasteiger partial charge on any atom is -0.355 e. The first-order chi connectivity index (χ1) is 19.1. The number of hydrogen-bond acceptors (Lipinski definition) is 9. The van der Waals surface area contributed by atoms with Gasteiger partial charge in [0, 0.05) is 61.7 Å². The summed E-state index contributed by atoms with van der Waals surface area (Å²) in [6.45, 7) is 7.01. The van der Waals surface area contributed by atoms with Crippen LogP contribution in [-0.4, -0.2) is 73.3 Å². The lowest BCUT2D eigenvalue weighted by Gasteiger charge is -2.40. The summed E-state index contributed by atoms with van der Waals surface area (Å²) >= 11 is 8.23. The highest BCUT2D eigenvalue weighted by Crippen LogP contribution is 2.39. The van der Waals surface area contributed by atoms with Gasteiger partial charge in [-0.05, 0) is 62.5 Å². The van der Waals surface area contributed by atoms with Crippen molar-refractivity contribution in [2.45, 2.75) is 61.9 Å². The van der Waals surface area contributed by atoms with Crippen molar-refractivity contribution in [3.05, 3.63) is 35.4 Å². The van der Waals surface area contributed by atoms with E-state index in [-0.39, 0.29) is 0 Å². The lowest BCUT2D eigenvalue weighted by molar-refractivity contribution is -0.119. The fourth-order valence-corrected chi connectivity index (χ4v) is 6.58.